The van der Waals surface area contributed by atoms with Crippen LogP contribution in [0.25, 0.3) is 0 Å². The quantitative estimate of drug-likeness (QED) is 0.376. The van der Waals surface area contributed by atoms with E-state index in [2.05, 4.69) is 72.7 Å². The number of hydrogen-bond donors (Lipinski definition) is 2. The molecule has 0 atom stereocenters. The molecule has 0 aliphatic carbocycles. The van der Waals surface area contributed by atoms with Crippen molar-refractivity contribution in [1.29, 1.82) is 0 Å². The number of benzene rings is 1. The van der Waals surface area contributed by atoms with Gasteiger partial charge in [-0.1, -0.05) is 48.8 Å². The molecule has 0 radical (unpaired) electrons. The van der Waals surface area contributed by atoms with Gasteiger partial charge < -0.3 is 15.2 Å². The van der Waals surface area contributed by atoms with Crippen molar-refractivity contribution in [3.05, 3.63) is 52.4 Å². The van der Waals surface area contributed by atoms with Crippen LogP contribution in [0.4, 0.5) is 0 Å². The summed E-state index contributed by atoms with van der Waals surface area (Å²) in [6.07, 6.45) is 1.72. The molecule has 0 fully saturated rings. The molecule has 0 aliphatic heterocycles. The number of hydrogen-bond acceptors (Lipinski definition) is 3. The molecule has 2 N–H and O–H groups in total. The van der Waals surface area contributed by atoms with Crippen molar-refractivity contribution < 1.29 is 4.52 Å². The van der Waals surface area contributed by atoms with Crippen molar-refractivity contribution in [1.82, 2.24) is 15.8 Å². The van der Waals surface area contributed by atoms with Gasteiger partial charge in [-0.3, -0.25) is 0 Å². The maximum atomic E-state index is 5.42. The number of aliphatic imine (C=N–C) groups is 1. The summed E-state index contributed by atoms with van der Waals surface area (Å²) in [5.41, 5.74) is 4.64. The highest BCUT2D eigenvalue weighted by Crippen LogP contribution is 2.15. The van der Waals surface area contributed by atoms with Crippen LogP contribution in [0.5, 0.6) is 0 Å². The molecule has 0 saturated carbocycles. The van der Waals surface area contributed by atoms with E-state index in [1.165, 1.54) is 11.1 Å². The van der Waals surface area contributed by atoms with Crippen LogP contribution in [0.15, 0.2) is 33.8 Å². The zero-order chi connectivity index (χ0) is 17.4. The summed E-state index contributed by atoms with van der Waals surface area (Å²) in [6, 6.07) is 8.46. The zero-order valence-corrected chi connectivity index (χ0v) is 17.9. The molecule has 0 aliphatic rings. The third-order valence-electron chi connectivity index (χ3n) is 3.92. The van der Waals surface area contributed by atoms with E-state index in [0.29, 0.717) is 13.1 Å². The molecule has 0 saturated heterocycles. The van der Waals surface area contributed by atoms with E-state index >= 15 is 0 Å². The van der Waals surface area contributed by atoms with Crippen molar-refractivity contribution >= 4 is 29.9 Å². The maximum absolute atomic E-state index is 5.42. The molecule has 6 heteroatoms. The van der Waals surface area contributed by atoms with E-state index in [0.717, 1.165) is 42.4 Å². The van der Waals surface area contributed by atoms with Crippen LogP contribution in [0.1, 0.15) is 48.9 Å². The number of nitrogens with zero attached hydrogens (tertiary/aromatic N) is 2. The molecule has 1 heterocycles. The molecule has 5 nitrogen and oxygen atoms in total. The lowest BCUT2D eigenvalue weighted by Gasteiger charge is -2.11. The minimum atomic E-state index is 0. The molecule has 0 bridgehead atoms. The van der Waals surface area contributed by atoms with Gasteiger partial charge >= 0.3 is 0 Å². The minimum Gasteiger partial charge on any atom is -0.361 e. The van der Waals surface area contributed by atoms with Gasteiger partial charge in [-0.2, -0.15) is 0 Å². The van der Waals surface area contributed by atoms with E-state index < -0.39 is 0 Å². The molecule has 2 rings (SSSR count). The second-order valence-corrected chi connectivity index (χ2v) is 5.77. The summed E-state index contributed by atoms with van der Waals surface area (Å²) in [6.45, 7) is 10.5. The molecule has 1 aromatic heterocycles. The average molecular weight is 456 g/mol. The Labute approximate surface area is 167 Å². The minimum absolute atomic E-state index is 0. The van der Waals surface area contributed by atoms with Crippen LogP contribution in [-0.2, 0) is 25.9 Å². The second-order valence-electron chi connectivity index (χ2n) is 5.77. The first-order chi connectivity index (χ1) is 11.7. The van der Waals surface area contributed by atoms with Gasteiger partial charge in [0.25, 0.3) is 0 Å². The van der Waals surface area contributed by atoms with Crippen LogP contribution in [-0.4, -0.2) is 17.7 Å². The van der Waals surface area contributed by atoms with Crippen LogP contribution >= 0.6 is 24.0 Å². The summed E-state index contributed by atoms with van der Waals surface area (Å²) >= 11 is 0. The highest BCUT2D eigenvalue weighted by atomic mass is 127. The van der Waals surface area contributed by atoms with Crippen LogP contribution in [0.2, 0.25) is 0 Å². The number of halogens is 1. The molecule has 2 aromatic rings. The van der Waals surface area contributed by atoms with Gasteiger partial charge in [0.1, 0.15) is 5.76 Å². The van der Waals surface area contributed by atoms with Crippen molar-refractivity contribution in [2.75, 3.05) is 6.54 Å². The van der Waals surface area contributed by atoms with E-state index in [9.17, 15) is 0 Å². The fourth-order valence-corrected chi connectivity index (χ4v) is 2.52. The van der Waals surface area contributed by atoms with Crippen molar-refractivity contribution in [2.24, 2.45) is 4.99 Å². The normalized spacial score (nSPS) is 11.1. The first-order valence-electron chi connectivity index (χ1n) is 8.71. The Balaban J connectivity index is 0.00000312. The summed E-state index contributed by atoms with van der Waals surface area (Å²) < 4.78 is 5.42. The lowest BCUT2D eigenvalue weighted by Crippen LogP contribution is -2.37. The van der Waals surface area contributed by atoms with Crippen molar-refractivity contribution in [2.45, 2.75) is 53.6 Å². The zero-order valence-electron chi connectivity index (χ0n) is 15.6. The van der Waals surface area contributed by atoms with Crippen LogP contribution in [0, 0.1) is 6.92 Å². The molecule has 0 unspecified atom stereocenters. The van der Waals surface area contributed by atoms with E-state index in [1.807, 2.05) is 0 Å². The third-order valence-corrected chi connectivity index (χ3v) is 3.92. The summed E-state index contributed by atoms with van der Waals surface area (Å²) in [5, 5.41) is 10.8. The Kier molecular flexibility index (Phi) is 9.55. The van der Waals surface area contributed by atoms with Crippen molar-refractivity contribution in [3.8, 4) is 0 Å². The number of nitrogens with one attached hydrogen (secondary N) is 2. The standard InChI is InChI=1S/C19H28N4O.HI/c1-5-17-16(18(6-2)24-23-17)13-22-19(20-7-3)21-12-15-10-8-14(4)9-11-15;/h8-11H,5-7,12-13H2,1-4H3,(H2,20,21,22);1H. The van der Waals surface area contributed by atoms with E-state index in [4.69, 9.17) is 4.52 Å². The van der Waals surface area contributed by atoms with Crippen molar-refractivity contribution in [3.63, 3.8) is 0 Å². The van der Waals surface area contributed by atoms with Crippen LogP contribution < -0.4 is 10.6 Å². The largest absolute Gasteiger partial charge is 0.361 e. The second kappa shape index (κ2) is 11.1. The van der Waals surface area contributed by atoms with Gasteiger partial charge in [-0.15, -0.1) is 24.0 Å². The molecule has 1 aromatic carbocycles. The first-order valence-corrected chi connectivity index (χ1v) is 8.71. The first kappa shape index (κ1) is 21.5. The molecule has 0 spiro atoms. The van der Waals surface area contributed by atoms with E-state index in [1.54, 1.807) is 0 Å². The van der Waals surface area contributed by atoms with Gasteiger partial charge in [0.05, 0.1) is 12.2 Å². The predicted octanol–water partition coefficient (Wildman–Crippen LogP) is 3.98. The smallest absolute Gasteiger partial charge is 0.191 e. The van der Waals surface area contributed by atoms with E-state index in [-0.39, 0.29) is 24.0 Å². The number of aryl methyl sites for hydroxylation is 3. The molecule has 138 valence electrons. The highest BCUT2D eigenvalue weighted by molar-refractivity contribution is 14.0. The maximum Gasteiger partial charge on any atom is 0.191 e. The third kappa shape index (κ3) is 6.34. The fourth-order valence-electron chi connectivity index (χ4n) is 2.52. The Hall–Kier alpha value is -1.57. The summed E-state index contributed by atoms with van der Waals surface area (Å²) in [4.78, 5) is 4.67. The number of rotatable bonds is 7. The number of aromatic nitrogens is 1. The molecular weight excluding hydrogens is 427 g/mol. The Bertz CT molecular complexity index is 643. The fraction of sp³-hybridized carbons (Fsp3) is 0.474. The van der Waals surface area contributed by atoms with Crippen LogP contribution in [0.3, 0.4) is 0 Å². The predicted molar refractivity (Wildman–Crippen MR) is 114 cm³/mol. The average Bonchev–Trinajstić information content (AvgIpc) is 3.00. The number of guanidine groups is 1. The SMILES string of the molecule is CCNC(=NCc1ccc(C)cc1)NCc1c(CC)noc1CC.I. The van der Waals surface area contributed by atoms with Gasteiger partial charge in [-0.05, 0) is 25.8 Å². The Morgan fingerprint density at radius 1 is 1.08 bits per heavy atom. The van der Waals surface area contributed by atoms with Gasteiger partial charge in [0, 0.05) is 25.1 Å². The lowest BCUT2D eigenvalue weighted by molar-refractivity contribution is 0.380. The molecular formula is C19H29IN4O. The Morgan fingerprint density at radius 2 is 1.80 bits per heavy atom. The highest BCUT2D eigenvalue weighted by Gasteiger charge is 2.13. The summed E-state index contributed by atoms with van der Waals surface area (Å²) in [7, 11) is 0. The monoisotopic (exact) mass is 456 g/mol. The summed E-state index contributed by atoms with van der Waals surface area (Å²) in [5.74, 6) is 1.76. The van der Waals surface area contributed by atoms with Gasteiger partial charge in [0.2, 0.25) is 0 Å². The topological polar surface area (TPSA) is 62.5 Å². The van der Waals surface area contributed by atoms with Gasteiger partial charge in [-0.25, -0.2) is 4.99 Å². The molecule has 0 amide bonds. The lowest BCUT2D eigenvalue weighted by atomic mass is 10.1. The van der Waals surface area contributed by atoms with Gasteiger partial charge in [0.15, 0.2) is 5.96 Å². The molecule has 25 heavy (non-hydrogen) atoms. The Morgan fingerprint density at radius 3 is 2.40 bits per heavy atom.